The van der Waals surface area contributed by atoms with E-state index in [9.17, 15) is 8.42 Å². The van der Waals surface area contributed by atoms with E-state index in [1.165, 1.54) is 6.26 Å². The van der Waals surface area contributed by atoms with Crippen LogP contribution < -0.4 is 5.32 Å². The molecule has 0 saturated heterocycles. The molecule has 1 unspecified atom stereocenters. The van der Waals surface area contributed by atoms with Crippen LogP contribution >= 0.6 is 15.9 Å². The lowest BCUT2D eigenvalue weighted by Crippen LogP contribution is -2.20. The average molecular weight is 320 g/mol. The molecule has 0 aliphatic rings. The highest BCUT2D eigenvalue weighted by Gasteiger charge is 2.14. The molecule has 96 valence electrons. The first-order valence-corrected chi connectivity index (χ1v) is 8.30. The minimum absolute atomic E-state index is 0.0813. The van der Waals surface area contributed by atoms with E-state index in [2.05, 4.69) is 21.2 Å². The van der Waals surface area contributed by atoms with Crippen LogP contribution in [0, 0.1) is 6.92 Å². The van der Waals surface area contributed by atoms with Crippen molar-refractivity contribution in [3.05, 3.63) is 33.8 Å². The van der Waals surface area contributed by atoms with Crippen molar-refractivity contribution in [3.63, 3.8) is 0 Å². The topological polar surface area (TPSA) is 46.2 Å². The summed E-state index contributed by atoms with van der Waals surface area (Å²) in [5, 5.41) is 3.17. The highest BCUT2D eigenvalue weighted by molar-refractivity contribution is 9.10. The van der Waals surface area contributed by atoms with Crippen LogP contribution in [0.3, 0.4) is 0 Å². The van der Waals surface area contributed by atoms with E-state index >= 15 is 0 Å². The Labute approximate surface area is 112 Å². The number of sulfone groups is 1. The van der Waals surface area contributed by atoms with Crippen LogP contribution in [0.4, 0.5) is 0 Å². The van der Waals surface area contributed by atoms with Crippen LogP contribution in [-0.4, -0.2) is 27.5 Å². The predicted molar refractivity (Wildman–Crippen MR) is 75.0 cm³/mol. The minimum atomic E-state index is -2.91. The average Bonchev–Trinajstić information content (AvgIpc) is 2.19. The summed E-state index contributed by atoms with van der Waals surface area (Å²) in [5.41, 5.74) is 2.31. The summed E-state index contributed by atoms with van der Waals surface area (Å²) < 4.78 is 23.4. The third kappa shape index (κ3) is 4.77. The largest absolute Gasteiger partial charge is 0.313 e. The summed E-state index contributed by atoms with van der Waals surface area (Å²) in [5.74, 6) is 0.202. The van der Waals surface area contributed by atoms with E-state index in [-0.39, 0.29) is 11.8 Å². The fraction of sp³-hybridized carbons (Fsp3) is 0.500. The third-order valence-corrected chi connectivity index (χ3v) is 4.20. The van der Waals surface area contributed by atoms with Gasteiger partial charge in [0, 0.05) is 16.8 Å². The molecule has 0 aliphatic heterocycles. The maximum atomic E-state index is 11.2. The Balaban J connectivity index is 2.86. The fourth-order valence-electron chi connectivity index (χ4n) is 1.82. The Hall–Kier alpha value is -0.390. The van der Waals surface area contributed by atoms with Crippen LogP contribution in [0.2, 0.25) is 0 Å². The lowest BCUT2D eigenvalue weighted by molar-refractivity contribution is 0.557. The number of aryl methyl sites for hydroxylation is 1. The number of hydrogen-bond acceptors (Lipinski definition) is 3. The van der Waals surface area contributed by atoms with Crippen molar-refractivity contribution in [1.29, 1.82) is 0 Å². The fourth-order valence-corrected chi connectivity index (χ4v) is 2.96. The zero-order valence-electron chi connectivity index (χ0n) is 10.3. The predicted octanol–water partition coefficient (Wildman–Crippen LogP) is 2.45. The van der Waals surface area contributed by atoms with Crippen molar-refractivity contribution in [2.24, 2.45) is 0 Å². The second-order valence-corrected chi connectivity index (χ2v) is 7.44. The first kappa shape index (κ1) is 14.7. The van der Waals surface area contributed by atoms with Crippen LogP contribution in [0.15, 0.2) is 22.7 Å². The summed E-state index contributed by atoms with van der Waals surface area (Å²) in [6.45, 7) is 2.03. The second-order valence-electron chi connectivity index (χ2n) is 4.26. The van der Waals surface area contributed by atoms with Crippen LogP contribution in [-0.2, 0) is 9.84 Å². The summed E-state index contributed by atoms with van der Waals surface area (Å²) in [6.07, 6.45) is 1.87. The first-order valence-electron chi connectivity index (χ1n) is 5.44. The summed E-state index contributed by atoms with van der Waals surface area (Å²) in [7, 11) is -1.05. The Kier molecular flexibility index (Phi) is 5.16. The highest BCUT2D eigenvalue weighted by atomic mass is 79.9. The molecule has 0 fully saturated rings. The van der Waals surface area contributed by atoms with E-state index < -0.39 is 9.84 Å². The normalized spacial score (nSPS) is 13.6. The van der Waals surface area contributed by atoms with Crippen molar-refractivity contribution in [1.82, 2.24) is 5.32 Å². The van der Waals surface area contributed by atoms with Gasteiger partial charge in [-0.25, -0.2) is 8.42 Å². The molecule has 1 atom stereocenters. The zero-order valence-corrected chi connectivity index (χ0v) is 12.7. The van der Waals surface area contributed by atoms with Gasteiger partial charge in [-0.2, -0.15) is 0 Å². The maximum Gasteiger partial charge on any atom is 0.147 e. The van der Waals surface area contributed by atoms with Crippen molar-refractivity contribution < 1.29 is 8.42 Å². The zero-order chi connectivity index (χ0) is 13.1. The van der Waals surface area contributed by atoms with Crippen molar-refractivity contribution in [2.45, 2.75) is 19.4 Å². The van der Waals surface area contributed by atoms with Crippen molar-refractivity contribution >= 4 is 25.8 Å². The number of rotatable bonds is 5. The number of nitrogens with one attached hydrogen (secondary N) is 1. The Bertz CT molecular complexity index is 485. The Morgan fingerprint density at radius 3 is 2.53 bits per heavy atom. The first-order chi connectivity index (χ1) is 7.83. The summed E-state index contributed by atoms with van der Waals surface area (Å²) >= 11 is 3.42. The summed E-state index contributed by atoms with van der Waals surface area (Å²) in [4.78, 5) is 0. The van der Waals surface area contributed by atoms with Gasteiger partial charge in [-0.05, 0) is 43.7 Å². The lowest BCUT2D eigenvalue weighted by atomic mass is 10.00. The molecule has 0 saturated carbocycles. The van der Waals surface area contributed by atoms with Gasteiger partial charge >= 0.3 is 0 Å². The molecular weight excluding hydrogens is 302 g/mol. The van der Waals surface area contributed by atoms with Crippen molar-refractivity contribution in [3.8, 4) is 0 Å². The van der Waals surface area contributed by atoms with Crippen LogP contribution in [0.25, 0.3) is 0 Å². The highest BCUT2D eigenvalue weighted by Crippen LogP contribution is 2.24. The standard InChI is InChI=1S/C12H18BrNO2S/c1-9-8-10(13)4-5-11(9)12(14-2)6-7-17(3,15)16/h4-5,8,12,14H,6-7H2,1-3H3. The van der Waals surface area contributed by atoms with Gasteiger partial charge in [-0.15, -0.1) is 0 Å². The van der Waals surface area contributed by atoms with E-state index in [1.807, 2.05) is 32.2 Å². The molecule has 0 radical (unpaired) electrons. The lowest BCUT2D eigenvalue weighted by Gasteiger charge is -2.18. The smallest absolute Gasteiger partial charge is 0.147 e. The van der Waals surface area contributed by atoms with Crippen molar-refractivity contribution in [2.75, 3.05) is 19.1 Å². The van der Waals surface area contributed by atoms with Gasteiger partial charge < -0.3 is 5.32 Å². The minimum Gasteiger partial charge on any atom is -0.313 e. The van der Waals surface area contributed by atoms with Gasteiger partial charge in [0.2, 0.25) is 0 Å². The molecular formula is C12H18BrNO2S. The maximum absolute atomic E-state index is 11.2. The number of benzene rings is 1. The molecule has 5 heteroatoms. The van der Waals surface area contributed by atoms with Gasteiger partial charge in [0.25, 0.3) is 0 Å². The van der Waals surface area contributed by atoms with E-state index in [4.69, 9.17) is 0 Å². The Morgan fingerprint density at radius 2 is 2.06 bits per heavy atom. The van der Waals surface area contributed by atoms with E-state index in [1.54, 1.807) is 0 Å². The quantitative estimate of drug-likeness (QED) is 0.906. The summed E-state index contributed by atoms with van der Waals surface area (Å²) in [6, 6.07) is 6.13. The molecule has 0 spiro atoms. The van der Waals surface area contributed by atoms with Gasteiger partial charge in [-0.3, -0.25) is 0 Å². The SMILES string of the molecule is CNC(CCS(C)(=O)=O)c1ccc(Br)cc1C. The van der Waals surface area contributed by atoms with E-state index in [0.29, 0.717) is 6.42 Å². The van der Waals surface area contributed by atoms with E-state index in [0.717, 1.165) is 15.6 Å². The monoisotopic (exact) mass is 319 g/mol. The van der Waals surface area contributed by atoms with Gasteiger partial charge in [0.15, 0.2) is 0 Å². The van der Waals surface area contributed by atoms with Crippen LogP contribution in [0.1, 0.15) is 23.6 Å². The third-order valence-electron chi connectivity index (χ3n) is 2.73. The molecule has 3 nitrogen and oxygen atoms in total. The number of halogens is 1. The molecule has 0 bridgehead atoms. The molecule has 0 heterocycles. The van der Waals surface area contributed by atoms with Gasteiger partial charge in [-0.1, -0.05) is 22.0 Å². The molecule has 0 aliphatic carbocycles. The molecule has 0 aromatic heterocycles. The molecule has 1 N–H and O–H groups in total. The van der Waals surface area contributed by atoms with Gasteiger partial charge in [0.05, 0.1) is 5.75 Å². The van der Waals surface area contributed by atoms with Crippen LogP contribution in [0.5, 0.6) is 0 Å². The van der Waals surface area contributed by atoms with Gasteiger partial charge in [0.1, 0.15) is 9.84 Å². The number of hydrogen-bond donors (Lipinski definition) is 1. The Morgan fingerprint density at radius 1 is 1.41 bits per heavy atom. The second kappa shape index (κ2) is 5.98. The molecule has 17 heavy (non-hydrogen) atoms. The molecule has 1 aromatic carbocycles. The molecule has 0 amide bonds. The molecule has 1 rings (SSSR count). The molecule has 1 aromatic rings.